The van der Waals surface area contributed by atoms with Crippen LogP contribution in [0.3, 0.4) is 0 Å². The van der Waals surface area contributed by atoms with Crippen molar-refractivity contribution in [2.75, 3.05) is 33.3 Å². The van der Waals surface area contributed by atoms with Gasteiger partial charge in [-0.25, -0.2) is 4.79 Å². The van der Waals surface area contributed by atoms with Crippen molar-refractivity contribution < 1.29 is 67.4 Å². The van der Waals surface area contributed by atoms with E-state index in [1.807, 2.05) is 30.3 Å². The van der Waals surface area contributed by atoms with Crippen LogP contribution in [0.4, 0.5) is 0 Å². The smallest absolute Gasteiger partial charge is 0.329 e. The van der Waals surface area contributed by atoms with E-state index in [1.54, 1.807) is 62.4 Å². The van der Waals surface area contributed by atoms with Crippen molar-refractivity contribution in [1.82, 2.24) is 58.5 Å². The topological polar surface area (TPSA) is 471 Å². The molecule has 1 saturated heterocycles. The summed E-state index contributed by atoms with van der Waals surface area (Å²) in [7, 11) is 1.61. The van der Waals surface area contributed by atoms with Crippen molar-refractivity contribution in [3.8, 4) is 0 Å². The van der Waals surface area contributed by atoms with Gasteiger partial charge in [0, 0.05) is 6.42 Å². The van der Waals surface area contributed by atoms with Crippen LogP contribution in [0.2, 0.25) is 0 Å². The Kier molecular flexibility index (Phi) is 38.3. The standard InChI is InChI=1S/C64H111N15O14/c1-11-36(5)49(76-58(86)46(69-10)34-41-24-16-15-17-25-41)61(89)74-47(35-80)59(87)71-45(29-30-48(68)81)57(85)75-51(38(7)13-3)62(90)77-50(37(6)12-2)60(88)72-44(28-20-23-33-67)56(84)79-53-40(9)93-64(92)52(39(8)14-4)78-55(83)43(27-19-22-32-66)70-54(82)42(73-63(53)91)26-18-21-31-65/h15-17,24-25,36-40,42-47,49-53,69,80H,11-14,18-23,26-35,65-67H2,1-10H3,(H2,68,81)(H,70,82)(H,71,87)(H,72,88)(H,73,91)(H,74,89)(H,75,85)(H,76,86)(H,77,90)(H,78,83)(H,79,84)/t36-,37-,38-,39-,40-,42-,43-,44-,45+,46+,47-,49-,50-,51+,52-,53+/m0/s1. The molecule has 0 bridgehead atoms. The Morgan fingerprint density at radius 1 is 0.538 bits per heavy atom. The monoisotopic (exact) mass is 1310 g/mol. The maximum absolute atomic E-state index is 14.7. The summed E-state index contributed by atoms with van der Waals surface area (Å²) in [5.74, 6) is -12.1. The molecular weight excluding hydrogens is 1200 g/mol. The van der Waals surface area contributed by atoms with Crippen LogP contribution < -0.4 is 81.4 Å². The van der Waals surface area contributed by atoms with E-state index in [1.165, 1.54) is 6.92 Å². The summed E-state index contributed by atoms with van der Waals surface area (Å²) >= 11 is 0. The first kappa shape index (κ1) is 81.8. The molecule has 0 aromatic heterocycles. The molecule has 1 aromatic carbocycles. The minimum atomic E-state index is -1.69. The van der Waals surface area contributed by atoms with E-state index in [-0.39, 0.29) is 45.2 Å². The number of cyclic esters (lactones) is 1. The number of nitrogens with two attached hydrogens (primary N) is 4. The Morgan fingerprint density at radius 3 is 1.44 bits per heavy atom. The van der Waals surface area contributed by atoms with Crippen LogP contribution in [0.5, 0.6) is 0 Å². The predicted molar refractivity (Wildman–Crippen MR) is 350 cm³/mol. The van der Waals surface area contributed by atoms with Crippen molar-refractivity contribution in [3.05, 3.63) is 35.9 Å². The van der Waals surface area contributed by atoms with Crippen LogP contribution in [0.15, 0.2) is 30.3 Å². The molecule has 20 N–H and O–H groups in total. The van der Waals surface area contributed by atoms with Gasteiger partial charge in [0.1, 0.15) is 66.5 Å². The summed E-state index contributed by atoms with van der Waals surface area (Å²) in [5, 5.41) is 40.2. The SMILES string of the molecule is CC[C@H](C)[C@H](NC(=O)[C@@H](Cc1ccccc1)NC)C(=O)N[C@@H](CO)C(=O)N[C@H](CCC(N)=O)C(=O)N[C@@H](C(=O)N[C@H](C(=O)N[C@@H](CCCCN)C(=O)N[C@H]1C(=O)N[C@@H](CCCCN)C(=O)N[C@@H](CCCCN)C(=O)N[C@@H]([C@@H](C)CC)C(=O)O[C@H]1C)[C@@H](C)CC)[C@@H](C)CC. The number of amides is 11. The van der Waals surface area contributed by atoms with Crippen molar-refractivity contribution in [3.63, 3.8) is 0 Å². The lowest BCUT2D eigenvalue weighted by Crippen LogP contribution is -2.63. The fraction of sp³-hybridized carbons (Fsp3) is 0.719. The summed E-state index contributed by atoms with van der Waals surface area (Å²) in [6.07, 6.45) is 2.23. The van der Waals surface area contributed by atoms with Gasteiger partial charge in [-0.2, -0.15) is 0 Å². The summed E-state index contributed by atoms with van der Waals surface area (Å²) < 4.78 is 5.90. The number of likely N-dealkylation sites (N-methyl/N-ethyl adjacent to an activating group) is 1. The van der Waals surface area contributed by atoms with Gasteiger partial charge >= 0.3 is 5.97 Å². The molecule has 16 atom stereocenters. The number of aliphatic hydroxyl groups excluding tert-OH is 1. The summed E-state index contributed by atoms with van der Waals surface area (Å²) in [6, 6.07) is -5.42. The number of primary amides is 1. The van der Waals surface area contributed by atoms with Gasteiger partial charge in [-0.3, -0.25) is 52.7 Å². The molecule has 526 valence electrons. The van der Waals surface area contributed by atoms with Crippen molar-refractivity contribution >= 4 is 70.9 Å². The van der Waals surface area contributed by atoms with E-state index in [2.05, 4.69) is 58.5 Å². The normalized spacial score (nSPS) is 20.6. The molecule has 1 aliphatic heterocycles. The minimum Gasteiger partial charge on any atom is -0.458 e. The van der Waals surface area contributed by atoms with Gasteiger partial charge in [0.15, 0.2) is 0 Å². The molecule has 1 aliphatic rings. The molecule has 29 heteroatoms. The van der Waals surface area contributed by atoms with E-state index in [4.69, 9.17) is 27.7 Å². The molecular formula is C64H111N15O14. The maximum Gasteiger partial charge on any atom is 0.329 e. The first-order chi connectivity index (χ1) is 44.2. The maximum atomic E-state index is 14.7. The second-order valence-corrected chi connectivity index (χ2v) is 24.5. The van der Waals surface area contributed by atoms with E-state index in [0.29, 0.717) is 70.8 Å². The molecule has 11 amide bonds. The zero-order chi connectivity index (χ0) is 69.9. The first-order valence-electron chi connectivity index (χ1n) is 33.2. The molecule has 1 aromatic rings. The Hall–Kier alpha value is -7.34. The molecule has 0 saturated carbocycles. The molecule has 1 fully saturated rings. The summed E-state index contributed by atoms with van der Waals surface area (Å²) in [5.41, 5.74) is 23.7. The van der Waals surface area contributed by atoms with Gasteiger partial charge in [0.2, 0.25) is 65.0 Å². The number of esters is 1. The van der Waals surface area contributed by atoms with E-state index < -0.39 is 180 Å². The fourth-order valence-electron chi connectivity index (χ4n) is 10.3. The predicted octanol–water partition coefficient (Wildman–Crippen LogP) is -1.56. The van der Waals surface area contributed by atoms with Gasteiger partial charge < -0.3 is 91.3 Å². The Morgan fingerprint density at radius 2 is 0.968 bits per heavy atom. The zero-order valence-electron chi connectivity index (χ0n) is 56.3. The highest BCUT2D eigenvalue weighted by molar-refractivity contribution is 5.99. The number of ether oxygens (including phenoxy) is 1. The number of hydrogen-bond donors (Lipinski definition) is 16. The average Bonchev–Trinajstić information content (AvgIpc) is 1.84. The lowest BCUT2D eigenvalue weighted by Gasteiger charge is -2.32. The van der Waals surface area contributed by atoms with Crippen molar-refractivity contribution in [2.45, 2.75) is 238 Å². The van der Waals surface area contributed by atoms with Crippen LogP contribution in [-0.4, -0.2) is 182 Å². The highest BCUT2D eigenvalue weighted by Crippen LogP contribution is 2.19. The van der Waals surface area contributed by atoms with Crippen molar-refractivity contribution in [1.29, 1.82) is 0 Å². The quantitative estimate of drug-likeness (QED) is 0.0260. The lowest BCUT2D eigenvalue weighted by molar-refractivity contribution is -0.157. The second kappa shape index (κ2) is 43.5. The Balaban J connectivity index is 2.54. The highest BCUT2D eigenvalue weighted by atomic mass is 16.5. The van der Waals surface area contributed by atoms with E-state index in [0.717, 1.165) is 5.56 Å². The zero-order valence-corrected chi connectivity index (χ0v) is 56.3. The molecule has 0 aliphatic carbocycles. The largest absolute Gasteiger partial charge is 0.458 e. The molecule has 2 rings (SSSR count). The van der Waals surface area contributed by atoms with Gasteiger partial charge in [-0.15, -0.1) is 0 Å². The van der Waals surface area contributed by atoms with Gasteiger partial charge in [0.25, 0.3) is 0 Å². The number of nitrogens with one attached hydrogen (secondary N) is 11. The summed E-state index contributed by atoms with van der Waals surface area (Å²) in [4.78, 5) is 169. The third-order valence-corrected chi connectivity index (χ3v) is 17.3. The second-order valence-electron chi connectivity index (χ2n) is 24.5. The van der Waals surface area contributed by atoms with Crippen LogP contribution in [0, 0.1) is 23.7 Å². The number of carbonyl (C=O) groups excluding carboxylic acids is 12. The molecule has 0 unspecified atom stereocenters. The number of rotatable bonds is 41. The number of unbranched alkanes of at least 4 members (excludes halogenated alkanes) is 3. The lowest BCUT2D eigenvalue weighted by atomic mass is 9.94. The minimum absolute atomic E-state index is 0.0394. The van der Waals surface area contributed by atoms with Crippen LogP contribution in [0.25, 0.3) is 0 Å². The number of hydrogen-bond acceptors (Lipinski definition) is 18. The molecule has 29 nitrogen and oxygen atoms in total. The van der Waals surface area contributed by atoms with Crippen molar-refractivity contribution in [2.24, 2.45) is 46.6 Å². The third-order valence-electron chi connectivity index (χ3n) is 17.3. The first-order valence-corrected chi connectivity index (χ1v) is 33.2. The molecule has 93 heavy (non-hydrogen) atoms. The van der Waals surface area contributed by atoms with Gasteiger partial charge in [-0.1, -0.05) is 111 Å². The molecule has 0 spiro atoms. The third kappa shape index (κ3) is 27.6. The van der Waals surface area contributed by atoms with Gasteiger partial charge in [0.05, 0.1) is 12.6 Å². The molecule has 1 heterocycles. The van der Waals surface area contributed by atoms with Crippen LogP contribution in [0.1, 0.15) is 164 Å². The van der Waals surface area contributed by atoms with Crippen LogP contribution >= 0.6 is 0 Å². The van der Waals surface area contributed by atoms with Crippen LogP contribution in [-0.2, 0) is 68.7 Å². The summed E-state index contributed by atoms with van der Waals surface area (Å²) in [6.45, 7) is 15.1. The van der Waals surface area contributed by atoms with E-state index in [9.17, 15) is 62.6 Å². The molecule has 0 radical (unpaired) electrons. The number of aliphatic hydroxyl groups is 1. The average molecular weight is 1310 g/mol. The highest BCUT2D eigenvalue weighted by Gasteiger charge is 2.41. The fourth-order valence-corrected chi connectivity index (χ4v) is 10.3. The number of carbonyl (C=O) groups is 12. The van der Waals surface area contributed by atoms with Gasteiger partial charge in [-0.05, 0) is 133 Å². The Bertz CT molecular complexity index is 2570. The number of benzene rings is 1. The van der Waals surface area contributed by atoms with E-state index >= 15 is 0 Å². The Labute approximate surface area is 548 Å².